The standard InChI is InChI=1S/C10H14BrNO2S/c1-7(13)6-12-5-4-8(14)9-2-3-10(11)15-9/h2-3,7,12-13H,4-6H2,1H3. The van der Waals surface area contributed by atoms with E-state index in [1.54, 1.807) is 6.92 Å². The van der Waals surface area contributed by atoms with Crippen molar-refractivity contribution in [3.05, 3.63) is 20.8 Å². The molecule has 1 atom stereocenters. The largest absolute Gasteiger partial charge is 0.392 e. The summed E-state index contributed by atoms with van der Waals surface area (Å²) in [5.74, 6) is 0.142. The van der Waals surface area contributed by atoms with Crippen LogP contribution in [-0.2, 0) is 0 Å². The number of thiophene rings is 1. The summed E-state index contributed by atoms with van der Waals surface area (Å²) in [6.45, 7) is 2.85. The summed E-state index contributed by atoms with van der Waals surface area (Å²) in [5, 5.41) is 12.0. The minimum Gasteiger partial charge on any atom is -0.392 e. The van der Waals surface area contributed by atoms with Gasteiger partial charge in [0.2, 0.25) is 0 Å². The summed E-state index contributed by atoms with van der Waals surface area (Å²) >= 11 is 4.77. The molecule has 1 aromatic heterocycles. The summed E-state index contributed by atoms with van der Waals surface area (Å²) in [4.78, 5) is 12.4. The molecule has 0 aliphatic heterocycles. The monoisotopic (exact) mass is 291 g/mol. The van der Waals surface area contributed by atoms with E-state index in [0.717, 1.165) is 8.66 Å². The lowest BCUT2D eigenvalue weighted by molar-refractivity contribution is 0.0984. The summed E-state index contributed by atoms with van der Waals surface area (Å²) < 4.78 is 0.975. The number of hydrogen-bond acceptors (Lipinski definition) is 4. The summed E-state index contributed by atoms with van der Waals surface area (Å²) in [7, 11) is 0. The first-order chi connectivity index (χ1) is 7.09. The Morgan fingerprint density at radius 2 is 2.40 bits per heavy atom. The van der Waals surface area contributed by atoms with Gasteiger partial charge in [0.05, 0.1) is 14.8 Å². The molecule has 1 unspecified atom stereocenters. The van der Waals surface area contributed by atoms with Gasteiger partial charge in [0.15, 0.2) is 5.78 Å². The highest BCUT2D eigenvalue weighted by atomic mass is 79.9. The van der Waals surface area contributed by atoms with Crippen LogP contribution in [0.1, 0.15) is 23.0 Å². The molecule has 3 nitrogen and oxygen atoms in total. The van der Waals surface area contributed by atoms with Crippen molar-refractivity contribution < 1.29 is 9.90 Å². The third-order valence-corrected chi connectivity index (χ3v) is 3.48. The maximum atomic E-state index is 11.6. The molecule has 1 aromatic rings. The number of nitrogens with one attached hydrogen (secondary N) is 1. The third-order valence-electron chi connectivity index (χ3n) is 1.82. The van der Waals surface area contributed by atoms with Crippen molar-refractivity contribution in [3.63, 3.8) is 0 Å². The lowest BCUT2D eigenvalue weighted by atomic mass is 10.2. The lowest BCUT2D eigenvalue weighted by Gasteiger charge is -2.05. The Kier molecular flexibility index (Phi) is 5.45. The molecule has 0 radical (unpaired) electrons. The molecule has 1 rings (SSSR count). The van der Waals surface area contributed by atoms with E-state index in [0.29, 0.717) is 19.5 Å². The van der Waals surface area contributed by atoms with Crippen LogP contribution < -0.4 is 5.32 Å². The molecule has 5 heteroatoms. The number of halogens is 1. The topological polar surface area (TPSA) is 49.3 Å². The average molecular weight is 292 g/mol. The van der Waals surface area contributed by atoms with E-state index in [9.17, 15) is 4.79 Å². The van der Waals surface area contributed by atoms with Crippen LogP contribution in [0.15, 0.2) is 15.9 Å². The Morgan fingerprint density at radius 3 is 2.93 bits per heavy atom. The van der Waals surface area contributed by atoms with E-state index in [4.69, 9.17) is 5.11 Å². The van der Waals surface area contributed by atoms with Crippen molar-refractivity contribution in [2.75, 3.05) is 13.1 Å². The van der Waals surface area contributed by atoms with Crippen LogP contribution in [0.5, 0.6) is 0 Å². The van der Waals surface area contributed by atoms with E-state index < -0.39 is 0 Å². The number of Topliss-reactive ketones (excluding diaryl/α,β-unsaturated/α-hetero) is 1. The smallest absolute Gasteiger partial charge is 0.174 e. The SMILES string of the molecule is CC(O)CNCCC(=O)c1ccc(Br)s1. The minimum absolute atomic E-state index is 0.142. The maximum Gasteiger partial charge on any atom is 0.174 e. The molecule has 2 N–H and O–H groups in total. The number of aliphatic hydroxyl groups is 1. The molecular formula is C10H14BrNO2S. The predicted molar refractivity (Wildman–Crippen MR) is 65.5 cm³/mol. The fraction of sp³-hybridized carbons (Fsp3) is 0.500. The van der Waals surface area contributed by atoms with Crippen LogP contribution in [0.3, 0.4) is 0 Å². The molecule has 0 saturated heterocycles. The zero-order chi connectivity index (χ0) is 11.3. The second kappa shape index (κ2) is 6.37. The fourth-order valence-electron chi connectivity index (χ4n) is 1.10. The van der Waals surface area contributed by atoms with Crippen LogP contribution in [0.2, 0.25) is 0 Å². The summed E-state index contributed by atoms with van der Waals surface area (Å²) in [6.07, 6.45) is 0.107. The van der Waals surface area contributed by atoms with Gasteiger partial charge in [0.1, 0.15) is 0 Å². The molecule has 0 amide bonds. The van der Waals surface area contributed by atoms with Crippen molar-refractivity contribution in [3.8, 4) is 0 Å². The van der Waals surface area contributed by atoms with Gasteiger partial charge in [0.25, 0.3) is 0 Å². The van der Waals surface area contributed by atoms with Gasteiger partial charge < -0.3 is 10.4 Å². The summed E-state index contributed by atoms with van der Waals surface area (Å²) in [6, 6.07) is 3.70. The number of aliphatic hydroxyl groups excluding tert-OH is 1. The normalized spacial score (nSPS) is 12.7. The van der Waals surface area contributed by atoms with Crippen LogP contribution in [0, 0.1) is 0 Å². The predicted octanol–water partition coefficient (Wildman–Crippen LogP) is 2.05. The van der Waals surface area contributed by atoms with E-state index >= 15 is 0 Å². The first-order valence-corrected chi connectivity index (χ1v) is 6.38. The van der Waals surface area contributed by atoms with Crippen LogP contribution >= 0.6 is 27.3 Å². The zero-order valence-corrected chi connectivity index (χ0v) is 10.9. The van der Waals surface area contributed by atoms with Crippen molar-refractivity contribution in [2.45, 2.75) is 19.4 Å². The number of ketones is 1. The molecule has 0 saturated carbocycles. The van der Waals surface area contributed by atoms with Gasteiger partial charge >= 0.3 is 0 Å². The third kappa shape index (κ3) is 4.88. The van der Waals surface area contributed by atoms with Gasteiger partial charge in [-0.1, -0.05) is 0 Å². The first-order valence-electron chi connectivity index (χ1n) is 4.77. The van der Waals surface area contributed by atoms with Gasteiger partial charge in [-0.25, -0.2) is 0 Å². The average Bonchev–Trinajstić information content (AvgIpc) is 2.59. The number of carbonyl (C=O) groups excluding carboxylic acids is 1. The number of carbonyl (C=O) groups is 1. The maximum absolute atomic E-state index is 11.6. The molecule has 15 heavy (non-hydrogen) atoms. The quantitative estimate of drug-likeness (QED) is 0.623. The molecule has 1 heterocycles. The fourth-order valence-corrected chi connectivity index (χ4v) is 2.45. The highest BCUT2D eigenvalue weighted by Crippen LogP contribution is 2.22. The number of rotatable bonds is 6. The van der Waals surface area contributed by atoms with E-state index in [-0.39, 0.29) is 11.9 Å². The van der Waals surface area contributed by atoms with E-state index in [2.05, 4.69) is 21.2 Å². The van der Waals surface area contributed by atoms with E-state index in [1.807, 2.05) is 12.1 Å². The second-order valence-electron chi connectivity index (χ2n) is 3.33. The summed E-state index contributed by atoms with van der Waals surface area (Å²) in [5.41, 5.74) is 0. The van der Waals surface area contributed by atoms with Crippen LogP contribution in [0.25, 0.3) is 0 Å². The van der Waals surface area contributed by atoms with Crippen molar-refractivity contribution >= 4 is 33.0 Å². The Labute approximate surface area is 102 Å². The highest BCUT2D eigenvalue weighted by Gasteiger charge is 2.07. The van der Waals surface area contributed by atoms with Crippen molar-refractivity contribution in [1.82, 2.24) is 5.32 Å². The molecule has 0 aliphatic rings. The molecule has 0 bridgehead atoms. The van der Waals surface area contributed by atoms with Gasteiger partial charge in [-0.3, -0.25) is 4.79 Å². The second-order valence-corrected chi connectivity index (χ2v) is 5.79. The van der Waals surface area contributed by atoms with Gasteiger partial charge in [0, 0.05) is 19.5 Å². The molecule has 0 aromatic carbocycles. The van der Waals surface area contributed by atoms with Gasteiger partial charge in [-0.05, 0) is 35.0 Å². The Balaban J connectivity index is 2.25. The molecular weight excluding hydrogens is 278 g/mol. The van der Waals surface area contributed by atoms with E-state index in [1.165, 1.54) is 11.3 Å². The molecule has 0 fully saturated rings. The van der Waals surface area contributed by atoms with Crippen molar-refractivity contribution in [2.24, 2.45) is 0 Å². The Hall–Kier alpha value is -0.230. The van der Waals surface area contributed by atoms with Crippen LogP contribution in [0.4, 0.5) is 0 Å². The minimum atomic E-state index is -0.365. The molecule has 84 valence electrons. The van der Waals surface area contributed by atoms with Gasteiger partial charge in [-0.15, -0.1) is 11.3 Å². The van der Waals surface area contributed by atoms with Gasteiger partial charge in [-0.2, -0.15) is 0 Å². The molecule has 0 aliphatic carbocycles. The zero-order valence-electron chi connectivity index (χ0n) is 8.50. The Morgan fingerprint density at radius 1 is 1.67 bits per heavy atom. The van der Waals surface area contributed by atoms with Crippen molar-refractivity contribution in [1.29, 1.82) is 0 Å². The molecule has 0 spiro atoms. The van der Waals surface area contributed by atoms with Crippen LogP contribution in [-0.4, -0.2) is 30.1 Å². The number of hydrogen-bond donors (Lipinski definition) is 2. The lowest BCUT2D eigenvalue weighted by Crippen LogP contribution is -2.26. The highest BCUT2D eigenvalue weighted by molar-refractivity contribution is 9.11. The first kappa shape index (κ1) is 12.8. The Bertz CT molecular complexity index is 325.